The van der Waals surface area contributed by atoms with Gasteiger partial charge in [-0.05, 0) is 37.6 Å². The predicted octanol–water partition coefficient (Wildman–Crippen LogP) is 2.93. The first-order valence-electron chi connectivity index (χ1n) is 4.52. The first-order chi connectivity index (χ1) is 6.74. The predicted molar refractivity (Wildman–Crippen MR) is 54.7 cm³/mol. The van der Waals surface area contributed by atoms with Gasteiger partial charge in [-0.3, -0.25) is 0 Å². The molecule has 74 valence electrons. The normalized spacial score (nSPS) is 9.07. The summed E-state index contributed by atoms with van der Waals surface area (Å²) >= 11 is 0. The molecule has 14 heavy (non-hydrogen) atoms. The molecule has 1 nitrogen and oxygen atoms in total. The van der Waals surface area contributed by atoms with Crippen molar-refractivity contribution in [3.8, 4) is 17.6 Å². The molecule has 0 atom stereocenters. The largest absolute Gasteiger partial charge is 0.492 e. The average Bonchev–Trinajstić information content (AvgIpc) is 2.15. The minimum absolute atomic E-state index is 0.233. The van der Waals surface area contributed by atoms with Crippen LogP contribution in [0.3, 0.4) is 0 Å². The summed E-state index contributed by atoms with van der Waals surface area (Å²) in [7, 11) is 0. The third kappa shape index (κ3) is 3.10. The molecule has 0 amide bonds. The van der Waals surface area contributed by atoms with E-state index in [9.17, 15) is 4.39 Å². The molecule has 0 unspecified atom stereocenters. The second kappa shape index (κ2) is 5.29. The van der Waals surface area contributed by atoms with E-state index < -0.39 is 0 Å². The van der Waals surface area contributed by atoms with E-state index in [2.05, 4.69) is 11.8 Å². The first kappa shape index (κ1) is 10.6. The quantitative estimate of drug-likeness (QED) is 0.528. The van der Waals surface area contributed by atoms with Crippen molar-refractivity contribution in [1.29, 1.82) is 0 Å². The Morgan fingerprint density at radius 2 is 2.21 bits per heavy atom. The lowest BCUT2D eigenvalue weighted by Crippen LogP contribution is -1.97. The lowest BCUT2D eigenvalue weighted by Gasteiger charge is -2.06. The molecule has 0 bridgehead atoms. The number of halogens is 1. The summed E-state index contributed by atoms with van der Waals surface area (Å²) in [5, 5.41) is 0. The standard InChI is InChI=1S/C12H13FO/c1-3-4-5-8-14-12-7-6-11(13)9-10(12)2/h6-7,9H,5,8H2,1-2H3. The monoisotopic (exact) mass is 192 g/mol. The van der Waals surface area contributed by atoms with Gasteiger partial charge in [0.05, 0.1) is 6.61 Å². The number of rotatable bonds is 3. The SMILES string of the molecule is CC#CCCOc1ccc(F)cc1C. The van der Waals surface area contributed by atoms with Crippen molar-refractivity contribution in [2.75, 3.05) is 6.61 Å². The Balaban J connectivity index is 2.53. The van der Waals surface area contributed by atoms with Gasteiger partial charge in [-0.1, -0.05) is 0 Å². The highest BCUT2D eigenvalue weighted by Crippen LogP contribution is 2.18. The van der Waals surface area contributed by atoms with Gasteiger partial charge >= 0.3 is 0 Å². The first-order valence-corrected chi connectivity index (χ1v) is 4.52. The average molecular weight is 192 g/mol. The Bertz CT molecular complexity index is 360. The van der Waals surface area contributed by atoms with Gasteiger partial charge in [0.1, 0.15) is 11.6 Å². The fraction of sp³-hybridized carbons (Fsp3) is 0.333. The van der Waals surface area contributed by atoms with E-state index in [1.807, 2.05) is 6.92 Å². The minimum atomic E-state index is -0.233. The molecule has 0 aromatic heterocycles. The molecule has 0 fully saturated rings. The van der Waals surface area contributed by atoms with Crippen LogP contribution in [0.4, 0.5) is 4.39 Å². The van der Waals surface area contributed by atoms with Crippen molar-refractivity contribution in [1.82, 2.24) is 0 Å². The summed E-state index contributed by atoms with van der Waals surface area (Å²) in [5.74, 6) is 6.18. The molecular formula is C12H13FO. The molecule has 1 rings (SSSR count). The Kier molecular flexibility index (Phi) is 4.00. The summed E-state index contributed by atoms with van der Waals surface area (Å²) in [6, 6.07) is 4.50. The summed E-state index contributed by atoms with van der Waals surface area (Å²) in [5.41, 5.74) is 0.814. The van der Waals surface area contributed by atoms with Crippen LogP contribution in [0.25, 0.3) is 0 Å². The van der Waals surface area contributed by atoms with E-state index in [1.54, 1.807) is 13.0 Å². The molecule has 1 aromatic carbocycles. The summed E-state index contributed by atoms with van der Waals surface area (Å²) in [4.78, 5) is 0. The molecule has 0 aliphatic carbocycles. The van der Waals surface area contributed by atoms with E-state index in [0.717, 1.165) is 11.3 Å². The van der Waals surface area contributed by atoms with Gasteiger partial charge in [0.15, 0.2) is 0 Å². The zero-order chi connectivity index (χ0) is 10.4. The van der Waals surface area contributed by atoms with Crippen molar-refractivity contribution in [3.05, 3.63) is 29.6 Å². The van der Waals surface area contributed by atoms with Crippen LogP contribution in [0.1, 0.15) is 18.9 Å². The number of ether oxygens (including phenoxy) is 1. The molecule has 0 N–H and O–H groups in total. The Morgan fingerprint density at radius 3 is 2.86 bits per heavy atom. The van der Waals surface area contributed by atoms with Gasteiger partial charge in [0.2, 0.25) is 0 Å². The molecule has 0 heterocycles. The number of benzene rings is 1. The van der Waals surface area contributed by atoms with Crippen LogP contribution < -0.4 is 4.74 Å². The van der Waals surface area contributed by atoms with Crippen LogP contribution in [0.5, 0.6) is 5.75 Å². The molecule has 1 aromatic rings. The molecule has 0 radical (unpaired) electrons. The van der Waals surface area contributed by atoms with E-state index in [4.69, 9.17) is 4.74 Å². The molecule has 0 saturated carbocycles. The van der Waals surface area contributed by atoms with Crippen LogP contribution in [-0.4, -0.2) is 6.61 Å². The van der Waals surface area contributed by atoms with Gasteiger partial charge in [-0.15, -0.1) is 11.8 Å². The second-order valence-electron chi connectivity index (χ2n) is 2.94. The van der Waals surface area contributed by atoms with Crippen molar-refractivity contribution in [3.63, 3.8) is 0 Å². The lowest BCUT2D eigenvalue weighted by atomic mass is 10.2. The number of hydrogen-bond donors (Lipinski definition) is 0. The highest BCUT2D eigenvalue weighted by molar-refractivity contribution is 5.32. The van der Waals surface area contributed by atoms with E-state index in [0.29, 0.717) is 13.0 Å². The van der Waals surface area contributed by atoms with Crippen LogP contribution in [0, 0.1) is 24.6 Å². The lowest BCUT2D eigenvalue weighted by molar-refractivity contribution is 0.324. The zero-order valence-electron chi connectivity index (χ0n) is 8.43. The smallest absolute Gasteiger partial charge is 0.123 e. The molecule has 0 aliphatic heterocycles. The highest BCUT2D eigenvalue weighted by atomic mass is 19.1. The van der Waals surface area contributed by atoms with Crippen molar-refractivity contribution in [2.45, 2.75) is 20.3 Å². The molecule has 0 aliphatic rings. The molecule has 0 saturated heterocycles. The maximum atomic E-state index is 12.7. The zero-order valence-corrected chi connectivity index (χ0v) is 8.43. The van der Waals surface area contributed by atoms with E-state index >= 15 is 0 Å². The van der Waals surface area contributed by atoms with Crippen LogP contribution in [-0.2, 0) is 0 Å². The van der Waals surface area contributed by atoms with Crippen molar-refractivity contribution < 1.29 is 9.13 Å². The van der Waals surface area contributed by atoms with Crippen LogP contribution in [0.15, 0.2) is 18.2 Å². The third-order valence-electron chi connectivity index (χ3n) is 1.80. The number of aryl methyl sites for hydroxylation is 1. The van der Waals surface area contributed by atoms with Crippen molar-refractivity contribution >= 4 is 0 Å². The highest BCUT2D eigenvalue weighted by Gasteiger charge is 1.99. The van der Waals surface area contributed by atoms with Gasteiger partial charge in [-0.25, -0.2) is 4.39 Å². The fourth-order valence-electron chi connectivity index (χ4n) is 1.11. The Hall–Kier alpha value is -1.49. The maximum Gasteiger partial charge on any atom is 0.123 e. The van der Waals surface area contributed by atoms with Crippen LogP contribution in [0.2, 0.25) is 0 Å². The molecule has 2 heteroatoms. The summed E-state index contributed by atoms with van der Waals surface area (Å²) < 4.78 is 18.1. The van der Waals surface area contributed by atoms with Gasteiger partial charge in [-0.2, -0.15) is 0 Å². The summed E-state index contributed by atoms with van der Waals surface area (Å²) in [6.45, 7) is 4.17. The van der Waals surface area contributed by atoms with Crippen LogP contribution >= 0.6 is 0 Å². The minimum Gasteiger partial charge on any atom is -0.492 e. The second-order valence-corrected chi connectivity index (χ2v) is 2.94. The Labute approximate surface area is 83.9 Å². The van der Waals surface area contributed by atoms with Crippen molar-refractivity contribution in [2.24, 2.45) is 0 Å². The third-order valence-corrected chi connectivity index (χ3v) is 1.80. The number of hydrogen-bond acceptors (Lipinski definition) is 1. The maximum absolute atomic E-state index is 12.7. The molecular weight excluding hydrogens is 179 g/mol. The van der Waals surface area contributed by atoms with Gasteiger partial charge < -0.3 is 4.74 Å². The van der Waals surface area contributed by atoms with E-state index in [1.165, 1.54) is 12.1 Å². The topological polar surface area (TPSA) is 9.23 Å². The van der Waals surface area contributed by atoms with Gasteiger partial charge in [0.25, 0.3) is 0 Å². The van der Waals surface area contributed by atoms with Gasteiger partial charge in [0, 0.05) is 6.42 Å². The fourth-order valence-corrected chi connectivity index (χ4v) is 1.11. The Morgan fingerprint density at radius 1 is 1.43 bits per heavy atom. The molecule has 0 spiro atoms. The van der Waals surface area contributed by atoms with E-state index in [-0.39, 0.29) is 5.82 Å². The summed E-state index contributed by atoms with van der Waals surface area (Å²) in [6.07, 6.45) is 0.702.